The molecule has 0 saturated carbocycles. The molecular formula is C7H15NO3. The Kier molecular flexibility index (Phi) is 7.08. The molecule has 11 heavy (non-hydrogen) atoms. The fourth-order valence-electron chi connectivity index (χ4n) is 0.581. The third-order valence-electron chi connectivity index (χ3n) is 1.08. The maximum atomic E-state index is 10.8. The van der Waals surface area contributed by atoms with Crippen LogP contribution in [0.3, 0.4) is 0 Å². The Morgan fingerprint density at radius 2 is 2.27 bits per heavy atom. The lowest BCUT2D eigenvalue weighted by atomic mass is 10.3. The van der Waals surface area contributed by atoms with Crippen molar-refractivity contribution in [1.82, 2.24) is 5.48 Å². The smallest absolute Gasteiger partial charge is 0.243 e. The quantitative estimate of drug-likeness (QED) is 0.455. The largest absolute Gasteiger partial charge is 0.385 e. The van der Waals surface area contributed by atoms with Gasteiger partial charge in [-0.05, 0) is 13.3 Å². The summed E-state index contributed by atoms with van der Waals surface area (Å²) in [5, 5.41) is 0. The predicted molar refractivity (Wildman–Crippen MR) is 40.9 cm³/mol. The molecule has 0 atom stereocenters. The van der Waals surface area contributed by atoms with Crippen LogP contribution < -0.4 is 5.48 Å². The van der Waals surface area contributed by atoms with Gasteiger partial charge in [0.25, 0.3) is 0 Å². The van der Waals surface area contributed by atoms with Gasteiger partial charge in [0.2, 0.25) is 5.91 Å². The van der Waals surface area contributed by atoms with Gasteiger partial charge in [-0.15, -0.1) is 0 Å². The van der Waals surface area contributed by atoms with E-state index in [-0.39, 0.29) is 5.91 Å². The highest BCUT2D eigenvalue weighted by Gasteiger charge is 1.98. The summed E-state index contributed by atoms with van der Waals surface area (Å²) >= 11 is 0. The van der Waals surface area contributed by atoms with Gasteiger partial charge in [-0.2, -0.15) is 0 Å². The van der Waals surface area contributed by atoms with Crippen molar-refractivity contribution < 1.29 is 14.4 Å². The van der Waals surface area contributed by atoms with Crippen molar-refractivity contribution in [1.29, 1.82) is 0 Å². The van der Waals surface area contributed by atoms with Crippen molar-refractivity contribution in [2.24, 2.45) is 0 Å². The molecule has 0 saturated heterocycles. The van der Waals surface area contributed by atoms with E-state index in [0.29, 0.717) is 19.6 Å². The molecule has 0 aliphatic heterocycles. The summed E-state index contributed by atoms with van der Waals surface area (Å²) in [6.07, 6.45) is 1.18. The minimum atomic E-state index is -0.0936. The Balaban J connectivity index is 3.09. The third kappa shape index (κ3) is 7.29. The standard InChI is InChI=1S/C7H15NO3/c1-3-11-8-7(9)5-4-6-10-2/h3-6H2,1-2H3,(H,8,9). The topological polar surface area (TPSA) is 47.6 Å². The van der Waals surface area contributed by atoms with E-state index >= 15 is 0 Å². The molecule has 0 spiro atoms. The molecule has 0 bridgehead atoms. The lowest BCUT2D eigenvalue weighted by Crippen LogP contribution is -2.23. The molecule has 1 amide bonds. The first kappa shape index (κ1) is 10.4. The predicted octanol–water partition coefficient (Wildman–Crippen LogP) is 0.481. The van der Waals surface area contributed by atoms with Gasteiger partial charge in [0.05, 0.1) is 6.61 Å². The number of carbonyl (C=O) groups is 1. The SMILES string of the molecule is CCONC(=O)CCCOC. The van der Waals surface area contributed by atoms with Crippen molar-refractivity contribution in [2.45, 2.75) is 19.8 Å². The maximum Gasteiger partial charge on any atom is 0.243 e. The monoisotopic (exact) mass is 161 g/mol. The molecular weight excluding hydrogens is 146 g/mol. The van der Waals surface area contributed by atoms with Crippen LogP contribution in [0.25, 0.3) is 0 Å². The van der Waals surface area contributed by atoms with Gasteiger partial charge in [-0.3, -0.25) is 9.63 Å². The van der Waals surface area contributed by atoms with E-state index in [4.69, 9.17) is 4.74 Å². The number of amides is 1. The van der Waals surface area contributed by atoms with E-state index in [1.165, 1.54) is 0 Å². The molecule has 0 aromatic rings. The number of hydrogen-bond acceptors (Lipinski definition) is 3. The second-order valence-corrected chi connectivity index (χ2v) is 2.05. The van der Waals surface area contributed by atoms with E-state index in [2.05, 4.69) is 10.3 Å². The summed E-state index contributed by atoms with van der Waals surface area (Å²) in [6.45, 7) is 2.92. The van der Waals surface area contributed by atoms with Gasteiger partial charge >= 0.3 is 0 Å². The van der Waals surface area contributed by atoms with Crippen LogP contribution in [-0.2, 0) is 14.4 Å². The fraction of sp³-hybridized carbons (Fsp3) is 0.857. The number of hydrogen-bond donors (Lipinski definition) is 1. The lowest BCUT2D eigenvalue weighted by molar-refractivity contribution is -0.133. The molecule has 4 nitrogen and oxygen atoms in total. The molecule has 0 aromatic heterocycles. The second kappa shape index (κ2) is 7.50. The molecule has 0 aliphatic carbocycles. The van der Waals surface area contributed by atoms with E-state index in [0.717, 1.165) is 6.42 Å². The molecule has 0 aliphatic rings. The van der Waals surface area contributed by atoms with E-state index in [1.807, 2.05) is 6.92 Å². The second-order valence-electron chi connectivity index (χ2n) is 2.05. The molecule has 0 radical (unpaired) electrons. The molecule has 4 heteroatoms. The zero-order valence-electron chi connectivity index (χ0n) is 7.05. The van der Waals surface area contributed by atoms with Crippen LogP contribution in [0.2, 0.25) is 0 Å². The van der Waals surface area contributed by atoms with Crippen LogP contribution in [0.15, 0.2) is 0 Å². The van der Waals surface area contributed by atoms with Crippen LogP contribution in [0.4, 0.5) is 0 Å². The van der Waals surface area contributed by atoms with Crippen molar-refractivity contribution in [3.63, 3.8) is 0 Å². The number of ether oxygens (including phenoxy) is 1. The minimum Gasteiger partial charge on any atom is -0.385 e. The lowest BCUT2D eigenvalue weighted by Gasteiger charge is -2.02. The Hall–Kier alpha value is -0.610. The number of methoxy groups -OCH3 is 1. The van der Waals surface area contributed by atoms with Gasteiger partial charge in [0, 0.05) is 20.1 Å². The molecule has 0 fully saturated rings. The van der Waals surface area contributed by atoms with Crippen LogP contribution in [0, 0.1) is 0 Å². The van der Waals surface area contributed by atoms with E-state index < -0.39 is 0 Å². The highest BCUT2D eigenvalue weighted by molar-refractivity contribution is 5.74. The van der Waals surface area contributed by atoms with Crippen LogP contribution >= 0.6 is 0 Å². The highest BCUT2D eigenvalue weighted by Crippen LogP contribution is 1.88. The molecule has 0 aromatic carbocycles. The Labute approximate surface area is 66.8 Å². The number of hydroxylamine groups is 1. The van der Waals surface area contributed by atoms with E-state index in [1.54, 1.807) is 7.11 Å². The van der Waals surface area contributed by atoms with Crippen LogP contribution in [0.1, 0.15) is 19.8 Å². The summed E-state index contributed by atoms with van der Waals surface area (Å²) in [4.78, 5) is 15.5. The maximum absolute atomic E-state index is 10.8. The van der Waals surface area contributed by atoms with Gasteiger partial charge in [0.1, 0.15) is 0 Å². The molecule has 1 N–H and O–H groups in total. The first-order valence-electron chi connectivity index (χ1n) is 3.70. The first-order valence-corrected chi connectivity index (χ1v) is 3.70. The van der Waals surface area contributed by atoms with Gasteiger partial charge in [0.15, 0.2) is 0 Å². The number of rotatable bonds is 6. The summed E-state index contributed by atoms with van der Waals surface area (Å²) < 4.78 is 4.78. The normalized spacial score (nSPS) is 9.64. The zero-order chi connectivity index (χ0) is 8.53. The average molecular weight is 161 g/mol. The van der Waals surface area contributed by atoms with Crippen LogP contribution in [-0.4, -0.2) is 26.2 Å². The molecule has 0 unspecified atom stereocenters. The third-order valence-corrected chi connectivity index (χ3v) is 1.08. The Morgan fingerprint density at radius 1 is 1.55 bits per heavy atom. The molecule has 0 rings (SSSR count). The summed E-state index contributed by atoms with van der Waals surface area (Å²) in [5.41, 5.74) is 2.30. The first-order chi connectivity index (χ1) is 5.31. The zero-order valence-corrected chi connectivity index (χ0v) is 7.05. The molecule has 0 heterocycles. The van der Waals surface area contributed by atoms with E-state index in [9.17, 15) is 4.79 Å². The summed E-state index contributed by atoms with van der Waals surface area (Å²) in [7, 11) is 1.61. The number of carbonyl (C=O) groups excluding carboxylic acids is 1. The van der Waals surface area contributed by atoms with Crippen molar-refractivity contribution >= 4 is 5.91 Å². The Bertz CT molecular complexity index is 106. The van der Waals surface area contributed by atoms with Gasteiger partial charge < -0.3 is 4.74 Å². The summed E-state index contributed by atoms with van der Waals surface area (Å²) in [6, 6.07) is 0. The Morgan fingerprint density at radius 3 is 2.82 bits per heavy atom. The molecule has 66 valence electrons. The van der Waals surface area contributed by atoms with Gasteiger partial charge in [-0.25, -0.2) is 5.48 Å². The van der Waals surface area contributed by atoms with Gasteiger partial charge in [-0.1, -0.05) is 0 Å². The fourth-order valence-corrected chi connectivity index (χ4v) is 0.581. The average Bonchev–Trinajstić information content (AvgIpc) is 2.01. The minimum absolute atomic E-state index is 0.0936. The van der Waals surface area contributed by atoms with Crippen molar-refractivity contribution in [3.05, 3.63) is 0 Å². The van der Waals surface area contributed by atoms with Crippen molar-refractivity contribution in [3.8, 4) is 0 Å². The number of nitrogens with one attached hydrogen (secondary N) is 1. The van der Waals surface area contributed by atoms with Crippen molar-refractivity contribution in [2.75, 3.05) is 20.3 Å². The van der Waals surface area contributed by atoms with Crippen LogP contribution in [0.5, 0.6) is 0 Å². The summed E-state index contributed by atoms with van der Waals surface area (Å²) in [5.74, 6) is -0.0936. The highest BCUT2D eigenvalue weighted by atomic mass is 16.6.